The Morgan fingerprint density at radius 1 is 1.53 bits per heavy atom. The molecule has 0 aliphatic heterocycles. The van der Waals surface area contributed by atoms with E-state index in [-0.39, 0.29) is 24.5 Å². The van der Waals surface area contributed by atoms with Crippen LogP contribution in [0.15, 0.2) is 12.7 Å². The summed E-state index contributed by atoms with van der Waals surface area (Å²) in [6.45, 7) is 4.69. The van der Waals surface area contributed by atoms with Gasteiger partial charge in [0.05, 0.1) is 6.54 Å². The Bertz CT molecular complexity index is 219. The van der Waals surface area contributed by atoms with Gasteiger partial charge in [-0.2, -0.15) is 0 Å². The van der Waals surface area contributed by atoms with Gasteiger partial charge in [0.2, 0.25) is 5.91 Å². The van der Waals surface area contributed by atoms with Crippen LogP contribution in [0.3, 0.4) is 0 Å². The Morgan fingerprint density at radius 3 is 3.00 bits per heavy atom. The molecule has 1 amide bonds. The lowest BCUT2D eigenvalue weighted by Crippen LogP contribution is -2.42. The lowest BCUT2D eigenvalue weighted by atomic mass is 10.1. The van der Waals surface area contributed by atoms with Gasteiger partial charge in [0.1, 0.15) is 0 Å². The normalized spacial score (nSPS) is 25.1. The van der Waals surface area contributed by atoms with Crippen molar-refractivity contribution < 1.29 is 9.90 Å². The summed E-state index contributed by atoms with van der Waals surface area (Å²) in [6.07, 6.45) is 4.82. The number of amides is 1. The van der Waals surface area contributed by atoms with Crippen LogP contribution in [-0.2, 0) is 4.79 Å². The van der Waals surface area contributed by atoms with E-state index in [4.69, 9.17) is 5.11 Å². The first-order chi connectivity index (χ1) is 7.27. The minimum absolute atomic E-state index is 0.00204. The molecule has 1 saturated carbocycles. The summed E-state index contributed by atoms with van der Waals surface area (Å²) >= 11 is 0. The van der Waals surface area contributed by atoms with Gasteiger partial charge in [-0.1, -0.05) is 12.5 Å². The SMILES string of the molecule is C=CCNCC(=O)NC1CCCC1CO. The van der Waals surface area contributed by atoms with Gasteiger partial charge < -0.3 is 15.7 Å². The molecule has 0 heterocycles. The van der Waals surface area contributed by atoms with Crippen LogP contribution in [0.1, 0.15) is 19.3 Å². The van der Waals surface area contributed by atoms with Gasteiger partial charge in [-0.05, 0) is 12.8 Å². The van der Waals surface area contributed by atoms with Crippen molar-refractivity contribution in [1.82, 2.24) is 10.6 Å². The van der Waals surface area contributed by atoms with Crippen molar-refractivity contribution in [3.8, 4) is 0 Å². The van der Waals surface area contributed by atoms with Crippen LogP contribution in [0, 0.1) is 5.92 Å². The van der Waals surface area contributed by atoms with E-state index in [2.05, 4.69) is 17.2 Å². The van der Waals surface area contributed by atoms with Crippen LogP contribution in [-0.4, -0.2) is 36.8 Å². The molecule has 1 rings (SSSR count). The van der Waals surface area contributed by atoms with E-state index in [1.165, 1.54) is 0 Å². The third kappa shape index (κ3) is 4.01. The summed E-state index contributed by atoms with van der Waals surface area (Å²) in [4.78, 5) is 11.4. The molecule has 15 heavy (non-hydrogen) atoms. The first-order valence-corrected chi connectivity index (χ1v) is 5.49. The van der Waals surface area contributed by atoms with Gasteiger partial charge in [0.15, 0.2) is 0 Å². The summed E-state index contributed by atoms with van der Waals surface area (Å²) in [5, 5.41) is 15.0. The van der Waals surface area contributed by atoms with Crippen LogP contribution in [0.5, 0.6) is 0 Å². The van der Waals surface area contributed by atoms with Crippen LogP contribution in [0.4, 0.5) is 0 Å². The number of hydrogen-bond acceptors (Lipinski definition) is 3. The molecule has 4 nitrogen and oxygen atoms in total. The van der Waals surface area contributed by atoms with Gasteiger partial charge in [0.25, 0.3) is 0 Å². The maximum atomic E-state index is 11.4. The highest BCUT2D eigenvalue weighted by Gasteiger charge is 2.27. The smallest absolute Gasteiger partial charge is 0.234 e. The first kappa shape index (κ1) is 12.2. The topological polar surface area (TPSA) is 61.4 Å². The minimum atomic E-state index is 0.00204. The molecule has 0 bridgehead atoms. The molecular weight excluding hydrogens is 192 g/mol. The number of carbonyl (C=O) groups is 1. The lowest BCUT2D eigenvalue weighted by molar-refractivity contribution is -0.121. The molecule has 3 N–H and O–H groups in total. The summed E-state index contributed by atoms with van der Waals surface area (Å²) < 4.78 is 0. The Hall–Kier alpha value is -0.870. The van der Waals surface area contributed by atoms with Gasteiger partial charge >= 0.3 is 0 Å². The van der Waals surface area contributed by atoms with Crippen molar-refractivity contribution in [2.45, 2.75) is 25.3 Å². The number of carbonyl (C=O) groups excluding carboxylic acids is 1. The van der Waals surface area contributed by atoms with Crippen LogP contribution >= 0.6 is 0 Å². The summed E-state index contributed by atoms with van der Waals surface area (Å²) in [7, 11) is 0. The summed E-state index contributed by atoms with van der Waals surface area (Å²) in [5.41, 5.74) is 0. The van der Waals surface area contributed by atoms with E-state index >= 15 is 0 Å². The molecule has 2 atom stereocenters. The monoisotopic (exact) mass is 212 g/mol. The quantitative estimate of drug-likeness (QED) is 0.430. The molecule has 1 aliphatic carbocycles. The molecule has 0 saturated heterocycles. The average molecular weight is 212 g/mol. The van der Waals surface area contributed by atoms with Crippen molar-refractivity contribution >= 4 is 5.91 Å². The molecule has 1 aliphatic rings. The molecule has 2 unspecified atom stereocenters. The minimum Gasteiger partial charge on any atom is -0.396 e. The number of rotatable bonds is 6. The van der Waals surface area contributed by atoms with Crippen molar-refractivity contribution in [1.29, 1.82) is 0 Å². The van der Waals surface area contributed by atoms with E-state index in [0.29, 0.717) is 13.1 Å². The van der Waals surface area contributed by atoms with Gasteiger partial charge in [-0.25, -0.2) is 0 Å². The number of aliphatic hydroxyl groups excluding tert-OH is 1. The average Bonchev–Trinajstić information content (AvgIpc) is 2.65. The molecule has 0 spiro atoms. The predicted octanol–water partition coefficient (Wildman–Crippen LogP) is 0.0392. The number of aliphatic hydroxyl groups is 1. The maximum Gasteiger partial charge on any atom is 0.234 e. The third-order valence-electron chi connectivity index (χ3n) is 2.81. The van der Waals surface area contributed by atoms with Gasteiger partial charge in [-0.3, -0.25) is 4.79 Å². The highest BCUT2D eigenvalue weighted by atomic mass is 16.3. The standard InChI is InChI=1S/C11H20N2O2/c1-2-6-12-7-11(15)13-10-5-3-4-9(10)8-14/h2,9-10,12,14H,1,3-8H2,(H,13,15). The summed E-state index contributed by atoms with van der Waals surface area (Å²) in [6, 6.07) is 0.160. The van der Waals surface area contributed by atoms with Crippen molar-refractivity contribution in [3.05, 3.63) is 12.7 Å². The second kappa shape index (κ2) is 6.58. The number of nitrogens with one attached hydrogen (secondary N) is 2. The molecule has 0 aromatic carbocycles. The van der Waals surface area contributed by atoms with E-state index < -0.39 is 0 Å². The Morgan fingerprint density at radius 2 is 2.33 bits per heavy atom. The molecule has 86 valence electrons. The third-order valence-corrected chi connectivity index (χ3v) is 2.81. The van der Waals surface area contributed by atoms with E-state index in [1.54, 1.807) is 6.08 Å². The highest BCUT2D eigenvalue weighted by molar-refractivity contribution is 5.78. The first-order valence-electron chi connectivity index (χ1n) is 5.49. The zero-order valence-corrected chi connectivity index (χ0v) is 9.04. The molecule has 0 aromatic rings. The molecular formula is C11H20N2O2. The largest absolute Gasteiger partial charge is 0.396 e. The fourth-order valence-electron chi connectivity index (χ4n) is 1.99. The second-order valence-electron chi connectivity index (χ2n) is 3.97. The van der Waals surface area contributed by atoms with Crippen molar-refractivity contribution in [2.24, 2.45) is 5.92 Å². The van der Waals surface area contributed by atoms with Gasteiger partial charge in [0, 0.05) is 25.1 Å². The lowest BCUT2D eigenvalue weighted by Gasteiger charge is -2.18. The van der Waals surface area contributed by atoms with E-state index in [9.17, 15) is 4.79 Å². The Balaban J connectivity index is 2.21. The molecule has 4 heteroatoms. The Kier molecular flexibility index (Phi) is 5.36. The maximum absolute atomic E-state index is 11.4. The number of hydrogen-bond donors (Lipinski definition) is 3. The zero-order valence-electron chi connectivity index (χ0n) is 9.04. The fourth-order valence-corrected chi connectivity index (χ4v) is 1.99. The second-order valence-corrected chi connectivity index (χ2v) is 3.97. The highest BCUT2D eigenvalue weighted by Crippen LogP contribution is 2.24. The summed E-state index contributed by atoms with van der Waals surface area (Å²) in [5.74, 6) is 0.246. The van der Waals surface area contributed by atoms with E-state index in [1.807, 2.05) is 0 Å². The molecule has 0 radical (unpaired) electrons. The zero-order chi connectivity index (χ0) is 11.1. The molecule has 0 aromatic heterocycles. The van der Waals surface area contributed by atoms with E-state index in [0.717, 1.165) is 19.3 Å². The fraction of sp³-hybridized carbons (Fsp3) is 0.727. The van der Waals surface area contributed by atoms with Crippen molar-refractivity contribution in [3.63, 3.8) is 0 Å². The van der Waals surface area contributed by atoms with Crippen LogP contribution in [0.2, 0.25) is 0 Å². The predicted molar refractivity (Wildman–Crippen MR) is 59.4 cm³/mol. The molecule has 1 fully saturated rings. The Labute approximate surface area is 90.7 Å². The van der Waals surface area contributed by atoms with Crippen LogP contribution in [0.25, 0.3) is 0 Å². The van der Waals surface area contributed by atoms with Gasteiger partial charge in [-0.15, -0.1) is 6.58 Å². The van der Waals surface area contributed by atoms with Crippen LogP contribution < -0.4 is 10.6 Å². The van der Waals surface area contributed by atoms with Crippen molar-refractivity contribution in [2.75, 3.05) is 19.7 Å².